The Balaban J connectivity index is 2.11. The first kappa shape index (κ1) is 17.9. The first-order chi connectivity index (χ1) is 12.3. The maximum Gasteiger partial charge on any atom is 0.356 e. The minimum atomic E-state index is -1.22. The van der Waals surface area contributed by atoms with Gasteiger partial charge in [-0.05, 0) is 35.9 Å². The normalized spacial score (nSPS) is 10.9. The first-order valence-electron chi connectivity index (χ1n) is 7.56. The molecule has 8 heteroatoms. The molecule has 0 aliphatic carbocycles. The number of anilines is 1. The van der Waals surface area contributed by atoms with E-state index in [9.17, 15) is 18.7 Å². The molecule has 0 aliphatic rings. The van der Waals surface area contributed by atoms with Gasteiger partial charge in [-0.1, -0.05) is 17.7 Å². The SMILES string of the molecule is Cn1c(Cc2ccc(F)c(F)c2)nc(C(=O)O)c1-c1ccc(Cl)cc1N. The number of imidazole rings is 1. The largest absolute Gasteiger partial charge is 0.476 e. The van der Waals surface area contributed by atoms with Gasteiger partial charge in [0.2, 0.25) is 0 Å². The number of hydrogen-bond acceptors (Lipinski definition) is 3. The number of carboxylic acid groups (broad SMARTS) is 1. The number of nitrogen functional groups attached to an aromatic ring is 1. The van der Waals surface area contributed by atoms with Crippen molar-refractivity contribution in [1.82, 2.24) is 9.55 Å². The standard InChI is InChI=1S/C18H14ClF2N3O2/c1-24-15(7-9-2-5-12(20)13(21)6-9)23-16(18(25)26)17(24)11-4-3-10(19)8-14(11)22/h2-6,8H,7,22H2,1H3,(H,25,26). The summed E-state index contributed by atoms with van der Waals surface area (Å²) in [6.07, 6.45) is 0.126. The predicted molar refractivity (Wildman–Crippen MR) is 94.2 cm³/mol. The molecule has 0 atom stereocenters. The summed E-state index contributed by atoms with van der Waals surface area (Å²) in [7, 11) is 1.64. The van der Waals surface area contributed by atoms with E-state index in [1.165, 1.54) is 12.1 Å². The molecule has 3 rings (SSSR count). The molecule has 0 bridgehead atoms. The lowest BCUT2D eigenvalue weighted by molar-refractivity contribution is 0.0691. The number of carboxylic acids is 1. The van der Waals surface area contributed by atoms with Gasteiger partial charge in [0.1, 0.15) is 5.82 Å². The molecule has 3 N–H and O–H groups in total. The zero-order valence-electron chi connectivity index (χ0n) is 13.6. The van der Waals surface area contributed by atoms with Gasteiger partial charge in [-0.3, -0.25) is 0 Å². The van der Waals surface area contributed by atoms with Crippen molar-refractivity contribution in [3.63, 3.8) is 0 Å². The molecule has 26 heavy (non-hydrogen) atoms. The molecule has 134 valence electrons. The molecule has 5 nitrogen and oxygen atoms in total. The van der Waals surface area contributed by atoms with E-state index in [0.29, 0.717) is 33.4 Å². The second kappa shape index (κ2) is 6.76. The fourth-order valence-electron chi connectivity index (χ4n) is 2.74. The molecule has 0 fully saturated rings. The van der Waals surface area contributed by atoms with Crippen molar-refractivity contribution >= 4 is 23.3 Å². The molecule has 1 heterocycles. The number of benzene rings is 2. The summed E-state index contributed by atoms with van der Waals surface area (Å²) in [5, 5.41) is 9.93. The molecule has 0 spiro atoms. The van der Waals surface area contributed by atoms with Gasteiger partial charge in [-0.15, -0.1) is 0 Å². The van der Waals surface area contributed by atoms with Crippen molar-refractivity contribution in [2.75, 3.05) is 5.73 Å². The number of aromatic carboxylic acids is 1. The lowest BCUT2D eigenvalue weighted by Crippen LogP contribution is -2.04. The second-order valence-corrected chi connectivity index (χ2v) is 6.18. The Morgan fingerprint density at radius 1 is 1.23 bits per heavy atom. The third-order valence-electron chi connectivity index (χ3n) is 4.01. The lowest BCUT2D eigenvalue weighted by atomic mass is 10.1. The minimum Gasteiger partial charge on any atom is -0.476 e. The van der Waals surface area contributed by atoms with E-state index in [4.69, 9.17) is 17.3 Å². The molecule has 0 saturated heterocycles. The molecule has 0 radical (unpaired) electrons. The Morgan fingerprint density at radius 2 is 1.96 bits per heavy atom. The third kappa shape index (κ3) is 3.25. The van der Waals surface area contributed by atoms with Crippen molar-refractivity contribution in [2.24, 2.45) is 7.05 Å². The molecular formula is C18H14ClF2N3O2. The zero-order chi connectivity index (χ0) is 19.0. The van der Waals surface area contributed by atoms with Crippen LogP contribution in [0.1, 0.15) is 21.9 Å². The Kier molecular flexibility index (Phi) is 4.65. The summed E-state index contributed by atoms with van der Waals surface area (Å²) in [5.41, 5.74) is 7.35. The number of nitrogens with two attached hydrogens (primary N) is 1. The van der Waals surface area contributed by atoms with Gasteiger partial charge in [0.05, 0.1) is 5.69 Å². The van der Waals surface area contributed by atoms with Gasteiger partial charge in [-0.25, -0.2) is 18.6 Å². The number of hydrogen-bond donors (Lipinski definition) is 2. The Hall–Kier alpha value is -2.93. The van der Waals surface area contributed by atoms with Crippen molar-refractivity contribution in [2.45, 2.75) is 6.42 Å². The van der Waals surface area contributed by atoms with Gasteiger partial charge in [0.25, 0.3) is 0 Å². The van der Waals surface area contributed by atoms with Crippen molar-refractivity contribution in [1.29, 1.82) is 0 Å². The van der Waals surface area contributed by atoms with E-state index in [0.717, 1.165) is 12.1 Å². The van der Waals surface area contributed by atoms with Gasteiger partial charge in [0.15, 0.2) is 17.3 Å². The molecular weight excluding hydrogens is 364 g/mol. The average molecular weight is 378 g/mol. The minimum absolute atomic E-state index is 0.126. The van der Waals surface area contributed by atoms with Crippen LogP contribution in [-0.4, -0.2) is 20.6 Å². The predicted octanol–water partition coefficient (Wildman–Crippen LogP) is 3.89. The fraction of sp³-hybridized carbons (Fsp3) is 0.111. The van der Waals surface area contributed by atoms with E-state index >= 15 is 0 Å². The fourth-order valence-corrected chi connectivity index (χ4v) is 2.92. The number of nitrogens with zero attached hydrogens (tertiary/aromatic N) is 2. The monoisotopic (exact) mass is 377 g/mol. The van der Waals surface area contributed by atoms with E-state index < -0.39 is 17.6 Å². The molecule has 0 unspecified atom stereocenters. The number of carbonyl (C=O) groups is 1. The van der Waals surface area contributed by atoms with E-state index in [-0.39, 0.29) is 12.1 Å². The van der Waals surface area contributed by atoms with Gasteiger partial charge >= 0.3 is 5.97 Å². The molecule has 0 aliphatic heterocycles. The van der Waals surface area contributed by atoms with Crippen LogP contribution in [-0.2, 0) is 13.5 Å². The van der Waals surface area contributed by atoms with Crippen LogP contribution in [0.25, 0.3) is 11.3 Å². The maximum atomic E-state index is 13.4. The summed E-state index contributed by atoms with van der Waals surface area (Å²) in [6.45, 7) is 0. The Morgan fingerprint density at radius 3 is 2.58 bits per heavy atom. The highest BCUT2D eigenvalue weighted by Crippen LogP contribution is 2.32. The van der Waals surface area contributed by atoms with Crippen molar-refractivity contribution in [3.8, 4) is 11.3 Å². The molecule has 0 saturated carbocycles. The lowest BCUT2D eigenvalue weighted by Gasteiger charge is -2.10. The van der Waals surface area contributed by atoms with Crippen LogP contribution in [0.2, 0.25) is 5.02 Å². The number of halogens is 3. The topological polar surface area (TPSA) is 81.1 Å². The van der Waals surface area contributed by atoms with E-state index in [2.05, 4.69) is 4.98 Å². The highest BCUT2D eigenvalue weighted by molar-refractivity contribution is 6.31. The van der Waals surface area contributed by atoms with Gasteiger partial charge in [-0.2, -0.15) is 0 Å². The maximum absolute atomic E-state index is 13.4. The van der Waals surface area contributed by atoms with E-state index in [1.54, 1.807) is 23.7 Å². The van der Waals surface area contributed by atoms with Crippen LogP contribution in [0.15, 0.2) is 36.4 Å². The summed E-state index contributed by atoms with van der Waals surface area (Å²) >= 11 is 5.90. The highest BCUT2D eigenvalue weighted by Gasteiger charge is 2.23. The van der Waals surface area contributed by atoms with Crippen LogP contribution in [0.5, 0.6) is 0 Å². The second-order valence-electron chi connectivity index (χ2n) is 5.75. The van der Waals surface area contributed by atoms with Crippen molar-refractivity contribution in [3.05, 3.63) is 70.1 Å². The summed E-state index contributed by atoms with van der Waals surface area (Å²) < 4.78 is 28.1. The Bertz CT molecular complexity index is 1020. The van der Waals surface area contributed by atoms with Crippen LogP contribution in [0.4, 0.5) is 14.5 Å². The zero-order valence-corrected chi connectivity index (χ0v) is 14.4. The van der Waals surface area contributed by atoms with Crippen LogP contribution >= 0.6 is 11.6 Å². The van der Waals surface area contributed by atoms with Gasteiger partial charge in [0, 0.05) is 29.7 Å². The molecule has 0 amide bonds. The summed E-state index contributed by atoms with van der Waals surface area (Å²) in [4.78, 5) is 15.8. The number of rotatable bonds is 4. The van der Waals surface area contributed by atoms with Gasteiger partial charge < -0.3 is 15.4 Å². The summed E-state index contributed by atoms with van der Waals surface area (Å²) in [5.74, 6) is -2.77. The highest BCUT2D eigenvalue weighted by atomic mass is 35.5. The van der Waals surface area contributed by atoms with Crippen LogP contribution in [0.3, 0.4) is 0 Å². The van der Waals surface area contributed by atoms with Crippen LogP contribution < -0.4 is 5.73 Å². The quantitative estimate of drug-likeness (QED) is 0.676. The molecule has 3 aromatic rings. The van der Waals surface area contributed by atoms with E-state index in [1.807, 2.05) is 0 Å². The smallest absolute Gasteiger partial charge is 0.356 e. The molecule has 1 aromatic heterocycles. The Labute approximate surface area is 152 Å². The number of aromatic nitrogens is 2. The third-order valence-corrected chi connectivity index (χ3v) is 4.24. The first-order valence-corrected chi connectivity index (χ1v) is 7.94. The average Bonchev–Trinajstić information content (AvgIpc) is 2.88. The summed E-state index contributed by atoms with van der Waals surface area (Å²) in [6, 6.07) is 8.22. The van der Waals surface area contributed by atoms with Crippen molar-refractivity contribution < 1.29 is 18.7 Å². The molecule has 2 aromatic carbocycles. The van der Waals surface area contributed by atoms with Crippen LogP contribution in [0, 0.1) is 11.6 Å².